The molecule has 0 aromatic rings. The molecule has 0 amide bonds. The highest BCUT2D eigenvalue weighted by Crippen LogP contribution is 2.06. The van der Waals surface area contributed by atoms with E-state index in [2.05, 4.69) is 41.5 Å². The third-order valence-electron chi connectivity index (χ3n) is 3.08. The van der Waals surface area contributed by atoms with Crippen LogP contribution in [0, 0.1) is 0 Å². The summed E-state index contributed by atoms with van der Waals surface area (Å²) in [5.41, 5.74) is 1.31. The molecule has 1 aliphatic heterocycles. The number of nitrogens with zero attached hydrogens (tertiary/aromatic N) is 2. The minimum atomic E-state index is 1.03. The summed E-state index contributed by atoms with van der Waals surface area (Å²) in [4.78, 5) is 5.00. The van der Waals surface area contributed by atoms with E-state index < -0.39 is 0 Å². The SMILES string of the molecule is C=C/C(=C\C=C/C)CN1CCN(CC)CC1. The van der Waals surface area contributed by atoms with Gasteiger partial charge in [-0.3, -0.25) is 4.90 Å². The van der Waals surface area contributed by atoms with Crippen molar-refractivity contribution in [3.8, 4) is 0 Å². The number of allylic oxidation sites excluding steroid dienone is 3. The molecule has 0 atom stereocenters. The maximum atomic E-state index is 3.87. The average Bonchev–Trinajstić information content (AvgIpc) is 2.35. The Labute approximate surface area is 99.9 Å². The van der Waals surface area contributed by atoms with Crippen molar-refractivity contribution in [3.63, 3.8) is 0 Å². The lowest BCUT2D eigenvalue weighted by Crippen LogP contribution is -2.46. The summed E-state index contributed by atoms with van der Waals surface area (Å²) in [6.07, 6.45) is 8.25. The highest BCUT2D eigenvalue weighted by Gasteiger charge is 2.15. The molecule has 0 saturated carbocycles. The van der Waals surface area contributed by atoms with Crippen LogP contribution >= 0.6 is 0 Å². The molecule has 0 bridgehead atoms. The Morgan fingerprint density at radius 3 is 2.31 bits per heavy atom. The van der Waals surface area contributed by atoms with Crippen molar-refractivity contribution in [1.29, 1.82) is 0 Å². The zero-order valence-corrected chi connectivity index (χ0v) is 10.7. The second-order valence-electron chi connectivity index (χ2n) is 4.18. The zero-order chi connectivity index (χ0) is 11.8. The Kier molecular flexibility index (Phi) is 6.12. The monoisotopic (exact) mass is 220 g/mol. The Hall–Kier alpha value is -0.860. The fourth-order valence-electron chi connectivity index (χ4n) is 1.93. The first-order chi connectivity index (χ1) is 7.80. The average molecular weight is 220 g/mol. The fraction of sp³-hybridized carbons (Fsp3) is 0.571. The Bertz CT molecular complexity index is 258. The van der Waals surface area contributed by atoms with Crippen LogP contribution in [-0.2, 0) is 0 Å². The lowest BCUT2D eigenvalue weighted by atomic mass is 10.2. The molecular weight excluding hydrogens is 196 g/mol. The smallest absolute Gasteiger partial charge is 0.0234 e. The normalized spacial score (nSPS) is 20.5. The van der Waals surface area contributed by atoms with Crippen LogP contribution in [-0.4, -0.2) is 49.1 Å². The van der Waals surface area contributed by atoms with Crippen LogP contribution in [0.25, 0.3) is 0 Å². The molecule has 1 aliphatic rings. The van der Waals surface area contributed by atoms with E-state index in [1.165, 1.54) is 38.3 Å². The summed E-state index contributed by atoms with van der Waals surface area (Å²) in [7, 11) is 0. The van der Waals surface area contributed by atoms with Crippen LogP contribution < -0.4 is 0 Å². The molecule has 90 valence electrons. The second kappa shape index (κ2) is 7.42. The van der Waals surface area contributed by atoms with Gasteiger partial charge >= 0.3 is 0 Å². The summed E-state index contributed by atoms with van der Waals surface area (Å²) in [6.45, 7) is 15.1. The predicted octanol–water partition coefficient (Wildman–Crippen LogP) is 2.31. The van der Waals surface area contributed by atoms with E-state index in [0.29, 0.717) is 0 Å². The molecular formula is C14H24N2. The van der Waals surface area contributed by atoms with E-state index in [4.69, 9.17) is 0 Å². The fourth-order valence-corrected chi connectivity index (χ4v) is 1.93. The van der Waals surface area contributed by atoms with Gasteiger partial charge < -0.3 is 4.90 Å². The van der Waals surface area contributed by atoms with E-state index in [1.807, 2.05) is 13.0 Å². The van der Waals surface area contributed by atoms with Gasteiger partial charge in [-0.05, 0) is 19.0 Å². The van der Waals surface area contributed by atoms with Crippen molar-refractivity contribution in [3.05, 3.63) is 36.5 Å². The molecule has 1 fully saturated rings. The Morgan fingerprint density at radius 1 is 1.19 bits per heavy atom. The third kappa shape index (κ3) is 4.33. The maximum absolute atomic E-state index is 3.87. The van der Waals surface area contributed by atoms with Crippen molar-refractivity contribution in [2.75, 3.05) is 39.3 Å². The summed E-state index contributed by atoms with van der Waals surface area (Å²) >= 11 is 0. The van der Waals surface area contributed by atoms with Gasteiger partial charge in [-0.25, -0.2) is 0 Å². The summed E-state index contributed by atoms with van der Waals surface area (Å²) < 4.78 is 0. The van der Waals surface area contributed by atoms with Crippen molar-refractivity contribution in [1.82, 2.24) is 9.80 Å². The van der Waals surface area contributed by atoms with Gasteiger partial charge in [0.25, 0.3) is 0 Å². The standard InChI is InChI=1S/C14H24N2/c1-4-7-8-14(5-2)13-16-11-9-15(6-3)10-12-16/h4-5,7-8H,2,6,9-13H2,1,3H3/b7-4-,14-8+. The topological polar surface area (TPSA) is 6.48 Å². The van der Waals surface area contributed by atoms with Crippen LogP contribution in [0.3, 0.4) is 0 Å². The van der Waals surface area contributed by atoms with Crippen molar-refractivity contribution in [2.24, 2.45) is 0 Å². The van der Waals surface area contributed by atoms with Crippen molar-refractivity contribution >= 4 is 0 Å². The second-order valence-corrected chi connectivity index (χ2v) is 4.18. The molecule has 1 saturated heterocycles. The number of piperazine rings is 1. The first-order valence-corrected chi connectivity index (χ1v) is 6.19. The molecule has 0 aromatic carbocycles. The summed E-state index contributed by atoms with van der Waals surface area (Å²) in [5.74, 6) is 0. The predicted molar refractivity (Wildman–Crippen MR) is 71.6 cm³/mol. The van der Waals surface area contributed by atoms with Gasteiger partial charge in [-0.2, -0.15) is 0 Å². The number of hydrogen-bond donors (Lipinski definition) is 0. The van der Waals surface area contributed by atoms with Crippen LogP contribution in [0.4, 0.5) is 0 Å². The molecule has 0 N–H and O–H groups in total. The van der Waals surface area contributed by atoms with Crippen molar-refractivity contribution in [2.45, 2.75) is 13.8 Å². The molecule has 0 radical (unpaired) electrons. The molecule has 1 rings (SSSR count). The minimum Gasteiger partial charge on any atom is -0.301 e. The van der Waals surface area contributed by atoms with Crippen molar-refractivity contribution < 1.29 is 0 Å². The maximum Gasteiger partial charge on any atom is 0.0234 e. The number of rotatable bonds is 5. The third-order valence-corrected chi connectivity index (χ3v) is 3.08. The quantitative estimate of drug-likeness (QED) is 0.656. The van der Waals surface area contributed by atoms with Crippen LogP contribution in [0.2, 0.25) is 0 Å². The van der Waals surface area contributed by atoms with Gasteiger partial charge in [-0.15, -0.1) is 0 Å². The minimum absolute atomic E-state index is 1.03. The molecule has 2 nitrogen and oxygen atoms in total. The van der Waals surface area contributed by atoms with Gasteiger partial charge in [0, 0.05) is 32.7 Å². The van der Waals surface area contributed by atoms with Gasteiger partial charge in [0.15, 0.2) is 0 Å². The van der Waals surface area contributed by atoms with Crippen LogP contribution in [0.5, 0.6) is 0 Å². The lowest BCUT2D eigenvalue weighted by Gasteiger charge is -2.34. The van der Waals surface area contributed by atoms with E-state index in [1.54, 1.807) is 0 Å². The van der Waals surface area contributed by atoms with Gasteiger partial charge in [0.2, 0.25) is 0 Å². The van der Waals surface area contributed by atoms with E-state index >= 15 is 0 Å². The van der Waals surface area contributed by atoms with E-state index in [9.17, 15) is 0 Å². The Morgan fingerprint density at radius 2 is 1.81 bits per heavy atom. The van der Waals surface area contributed by atoms with Gasteiger partial charge in [0.1, 0.15) is 0 Å². The van der Waals surface area contributed by atoms with Gasteiger partial charge in [0.05, 0.1) is 0 Å². The molecule has 1 heterocycles. The van der Waals surface area contributed by atoms with E-state index in [-0.39, 0.29) is 0 Å². The zero-order valence-electron chi connectivity index (χ0n) is 10.7. The lowest BCUT2D eigenvalue weighted by molar-refractivity contribution is 0.146. The molecule has 0 aliphatic carbocycles. The largest absolute Gasteiger partial charge is 0.301 e. The number of likely N-dealkylation sites (N-methyl/N-ethyl adjacent to an activating group) is 1. The highest BCUT2D eigenvalue weighted by molar-refractivity contribution is 5.23. The molecule has 0 unspecified atom stereocenters. The number of hydrogen-bond acceptors (Lipinski definition) is 2. The van der Waals surface area contributed by atoms with Crippen LogP contribution in [0.15, 0.2) is 36.5 Å². The first kappa shape index (κ1) is 13.2. The van der Waals surface area contributed by atoms with Gasteiger partial charge in [-0.1, -0.05) is 37.8 Å². The molecule has 0 spiro atoms. The molecule has 2 heteroatoms. The highest BCUT2D eigenvalue weighted by atomic mass is 15.3. The molecule has 0 aromatic heterocycles. The van der Waals surface area contributed by atoms with Crippen LogP contribution in [0.1, 0.15) is 13.8 Å². The first-order valence-electron chi connectivity index (χ1n) is 6.19. The van der Waals surface area contributed by atoms with E-state index in [0.717, 1.165) is 6.54 Å². The summed E-state index contributed by atoms with van der Waals surface area (Å²) in [6, 6.07) is 0. The summed E-state index contributed by atoms with van der Waals surface area (Å²) in [5, 5.41) is 0. The Balaban J connectivity index is 2.39. The molecule has 16 heavy (non-hydrogen) atoms.